The van der Waals surface area contributed by atoms with Crippen LogP contribution >= 0.6 is 0 Å². The summed E-state index contributed by atoms with van der Waals surface area (Å²) in [5.41, 5.74) is 0. The first-order chi connectivity index (χ1) is 10.4. The maximum Gasteiger partial charge on any atom is 0.0645 e. The molecule has 0 aliphatic heterocycles. The molecule has 0 bridgehead atoms. The zero-order valence-corrected chi connectivity index (χ0v) is 14.4. The molecule has 21 heavy (non-hydrogen) atoms. The maximum atomic E-state index is 8.36. The monoisotopic (exact) mass is 295 g/mol. The van der Waals surface area contributed by atoms with E-state index in [-0.39, 0.29) is 0 Å². The molecule has 124 valence electrons. The SMILES string of the molecule is CCCCCCCCCCCCCCCCOCCC#N. The Morgan fingerprint density at radius 1 is 0.619 bits per heavy atom. The lowest BCUT2D eigenvalue weighted by Crippen LogP contribution is -1.95. The van der Waals surface area contributed by atoms with Crippen LogP contribution in [-0.4, -0.2) is 13.2 Å². The molecular weight excluding hydrogens is 258 g/mol. The molecule has 2 nitrogen and oxygen atoms in total. The van der Waals surface area contributed by atoms with Crippen molar-refractivity contribution in [1.82, 2.24) is 0 Å². The topological polar surface area (TPSA) is 33.0 Å². The van der Waals surface area contributed by atoms with Crippen molar-refractivity contribution < 1.29 is 4.74 Å². The predicted octanol–water partition coefficient (Wildman–Crippen LogP) is 6.40. The Balaban J connectivity index is 2.92. The zero-order valence-electron chi connectivity index (χ0n) is 14.4. The molecule has 0 aromatic carbocycles. The molecular formula is C19H37NO. The molecule has 0 spiro atoms. The van der Waals surface area contributed by atoms with Gasteiger partial charge in [-0.1, -0.05) is 90.4 Å². The Morgan fingerprint density at radius 2 is 1.05 bits per heavy atom. The van der Waals surface area contributed by atoms with E-state index in [4.69, 9.17) is 10.00 Å². The summed E-state index contributed by atoms with van der Waals surface area (Å²) in [5.74, 6) is 0. The fourth-order valence-electron chi connectivity index (χ4n) is 2.62. The van der Waals surface area contributed by atoms with Crippen molar-refractivity contribution in [2.24, 2.45) is 0 Å². The van der Waals surface area contributed by atoms with Gasteiger partial charge in [0.25, 0.3) is 0 Å². The van der Waals surface area contributed by atoms with Gasteiger partial charge < -0.3 is 4.74 Å². The molecule has 0 aromatic heterocycles. The van der Waals surface area contributed by atoms with Gasteiger partial charge in [-0.2, -0.15) is 5.26 Å². The lowest BCUT2D eigenvalue weighted by atomic mass is 10.0. The number of hydrogen-bond acceptors (Lipinski definition) is 2. The highest BCUT2D eigenvalue weighted by Gasteiger charge is 1.94. The van der Waals surface area contributed by atoms with Crippen LogP contribution < -0.4 is 0 Å². The standard InChI is InChI=1S/C19H37NO/c1-2-3-4-5-6-7-8-9-10-11-12-13-14-15-18-21-19-16-17-20/h2-16,18-19H2,1H3. The Bertz CT molecular complexity index is 222. The number of nitriles is 1. The Kier molecular flexibility index (Phi) is 18.9. The first-order valence-corrected chi connectivity index (χ1v) is 9.36. The molecule has 0 heterocycles. The molecule has 0 N–H and O–H groups in total. The van der Waals surface area contributed by atoms with Gasteiger partial charge in [-0.25, -0.2) is 0 Å². The summed E-state index contributed by atoms with van der Waals surface area (Å²) in [6, 6.07) is 2.09. The van der Waals surface area contributed by atoms with Crippen molar-refractivity contribution in [3.05, 3.63) is 0 Å². The van der Waals surface area contributed by atoms with Crippen LogP contribution in [0.15, 0.2) is 0 Å². The second-order valence-corrected chi connectivity index (χ2v) is 6.12. The number of ether oxygens (including phenoxy) is 1. The largest absolute Gasteiger partial charge is 0.380 e. The summed E-state index contributed by atoms with van der Waals surface area (Å²) in [4.78, 5) is 0. The van der Waals surface area contributed by atoms with Gasteiger partial charge in [-0.3, -0.25) is 0 Å². The number of nitrogens with zero attached hydrogens (tertiary/aromatic N) is 1. The van der Waals surface area contributed by atoms with Gasteiger partial charge in [0.15, 0.2) is 0 Å². The highest BCUT2D eigenvalue weighted by molar-refractivity contribution is 4.66. The summed E-state index contributed by atoms with van der Waals surface area (Å²) in [5, 5.41) is 8.36. The normalized spacial score (nSPS) is 10.7. The molecule has 0 atom stereocenters. The van der Waals surface area contributed by atoms with Crippen LogP contribution in [0.25, 0.3) is 0 Å². The minimum Gasteiger partial charge on any atom is -0.380 e. The number of rotatable bonds is 17. The second-order valence-electron chi connectivity index (χ2n) is 6.12. The lowest BCUT2D eigenvalue weighted by molar-refractivity contribution is 0.135. The van der Waals surface area contributed by atoms with Gasteiger partial charge in [0.05, 0.1) is 19.1 Å². The maximum absolute atomic E-state index is 8.36. The van der Waals surface area contributed by atoms with Crippen molar-refractivity contribution in [2.75, 3.05) is 13.2 Å². The quantitative estimate of drug-likeness (QED) is 0.291. The molecule has 0 aliphatic carbocycles. The van der Waals surface area contributed by atoms with Gasteiger partial charge in [0, 0.05) is 6.61 Å². The third-order valence-corrected chi connectivity index (χ3v) is 4.00. The van der Waals surface area contributed by atoms with Crippen LogP contribution in [0.1, 0.15) is 103 Å². The van der Waals surface area contributed by atoms with Crippen LogP contribution in [0.2, 0.25) is 0 Å². The number of hydrogen-bond donors (Lipinski definition) is 0. The summed E-state index contributed by atoms with van der Waals surface area (Å²) >= 11 is 0. The van der Waals surface area contributed by atoms with Crippen molar-refractivity contribution >= 4 is 0 Å². The molecule has 0 radical (unpaired) electrons. The average Bonchev–Trinajstić information content (AvgIpc) is 2.50. The van der Waals surface area contributed by atoms with Crippen LogP contribution in [0.5, 0.6) is 0 Å². The lowest BCUT2D eigenvalue weighted by Gasteiger charge is -2.03. The minimum atomic E-state index is 0.526. The Labute approximate surface area is 133 Å². The molecule has 0 rings (SSSR count). The molecule has 0 aromatic rings. The highest BCUT2D eigenvalue weighted by atomic mass is 16.5. The summed E-state index contributed by atoms with van der Waals surface area (Å²) < 4.78 is 5.36. The van der Waals surface area contributed by atoms with Gasteiger partial charge in [0.1, 0.15) is 0 Å². The van der Waals surface area contributed by atoms with E-state index in [0.717, 1.165) is 13.0 Å². The van der Waals surface area contributed by atoms with Crippen molar-refractivity contribution in [3.8, 4) is 6.07 Å². The Hall–Kier alpha value is -0.550. The summed E-state index contributed by atoms with van der Waals surface area (Å²) in [7, 11) is 0. The van der Waals surface area contributed by atoms with E-state index >= 15 is 0 Å². The van der Waals surface area contributed by atoms with Gasteiger partial charge in [-0.05, 0) is 6.42 Å². The zero-order chi connectivity index (χ0) is 15.4. The van der Waals surface area contributed by atoms with E-state index in [9.17, 15) is 0 Å². The van der Waals surface area contributed by atoms with E-state index in [0.29, 0.717) is 13.0 Å². The first kappa shape index (κ1) is 20.5. The van der Waals surface area contributed by atoms with E-state index in [2.05, 4.69) is 13.0 Å². The second kappa shape index (κ2) is 19.4. The fourth-order valence-corrected chi connectivity index (χ4v) is 2.62. The molecule has 2 heteroatoms. The van der Waals surface area contributed by atoms with Gasteiger partial charge in [0.2, 0.25) is 0 Å². The third kappa shape index (κ3) is 19.4. The third-order valence-electron chi connectivity index (χ3n) is 4.00. The summed E-state index contributed by atoms with van der Waals surface area (Å²) in [6.07, 6.45) is 20.0. The number of unbranched alkanes of at least 4 members (excludes halogenated alkanes) is 13. The molecule has 0 amide bonds. The smallest absolute Gasteiger partial charge is 0.0645 e. The first-order valence-electron chi connectivity index (χ1n) is 9.36. The fraction of sp³-hybridized carbons (Fsp3) is 0.947. The van der Waals surface area contributed by atoms with Gasteiger partial charge >= 0.3 is 0 Å². The summed E-state index contributed by atoms with van der Waals surface area (Å²) in [6.45, 7) is 3.72. The molecule has 0 aliphatic rings. The Morgan fingerprint density at radius 3 is 1.48 bits per heavy atom. The van der Waals surface area contributed by atoms with Crippen LogP contribution in [-0.2, 0) is 4.74 Å². The van der Waals surface area contributed by atoms with Crippen molar-refractivity contribution in [3.63, 3.8) is 0 Å². The van der Waals surface area contributed by atoms with Gasteiger partial charge in [-0.15, -0.1) is 0 Å². The van der Waals surface area contributed by atoms with Crippen molar-refractivity contribution in [1.29, 1.82) is 5.26 Å². The predicted molar refractivity (Wildman–Crippen MR) is 91.4 cm³/mol. The van der Waals surface area contributed by atoms with Crippen LogP contribution in [0, 0.1) is 11.3 Å². The van der Waals surface area contributed by atoms with Crippen LogP contribution in [0.4, 0.5) is 0 Å². The minimum absolute atomic E-state index is 0.526. The van der Waals surface area contributed by atoms with E-state index in [1.54, 1.807) is 0 Å². The molecule has 0 saturated carbocycles. The average molecular weight is 296 g/mol. The highest BCUT2D eigenvalue weighted by Crippen LogP contribution is 2.12. The molecule has 0 fully saturated rings. The van der Waals surface area contributed by atoms with Crippen LogP contribution in [0.3, 0.4) is 0 Å². The molecule has 0 saturated heterocycles. The van der Waals surface area contributed by atoms with E-state index in [1.165, 1.54) is 83.5 Å². The van der Waals surface area contributed by atoms with E-state index < -0.39 is 0 Å². The van der Waals surface area contributed by atoms with Crippen molar-refractivity contribution in [2.45, 2.75) is 103 Å². The molecule has 0 unspecified atom stereocenters. The van der Waals surface area contributed by atoms with E-state index in [1.807, 2.05) is 0 Å².